The number of hydrogen-bond acceptors (Lipinski definition) is 3. The first-order valence-corrected chi connectivity index (χ1v) is 5.95. The maximum atomic E-state index is 12.0. The Morgan fingerprint density at radius 3 is 2.53 bits per heavy atom. The standard InChI is InChI=1S/C16H11NO2/c18-16(19-14-7-2-1-3-8-14)13-10-12-6-4-5-9-15(12)17-11-13/h1-11H. The molecular formula is C16H11NO2. The van der Waals surface area contributed by atoms with Crippen molar-refractivity contribution < 1.29 is 9.53 Å². The molecule has 92 valence electrons. The molecule has 0 aliphatic heterocycles. The van der Waals surface area contributed by atoms with Crippen LogP contribution in [0.1, 0.15) is 10.4 Å². The monoisotopic (exact) mass is 249 g/mol. The molecule has 0 spiro atoms. The van der Waals surface area contributed by atoms with Crippen LogP contribution in [0.3, 0.4) is 0 Å². The Hall–Kier alpha value is -2.68. The number of esters is 1. The number of carbonyl (C=O) groups excluding carboxylic acids is 1. The van der Waals surface area contributed by atoms with E-state index in [0.29, 0.717) is 11.3 Å². The number of fused-ring (bicyclic) bond motifs is 1. The van der Waals surface area contributed by atoms with Crippen LogP contribution >= 0.6 is 0 Å². The summed E-state index contributed by atoms with van der Waals surface area (Å²) in [5.41, 5.74) is 1.31. The van der Waals surface area contributed by atoms with Gasteiger partial charge in [0.2, 0.25) is 0 Å². The topological polar surface area (TPSA) is 39.2 Å². The molecule has 0 amide bonds. The minimum Gasteiger partial charge on any atom is -0.423 e. The third-order valence-electron chi connectivity index (χ3n) is 2.78. The lowest BCUT2D eigenvalue weighted by atomic mass is 10.1. The molecule has 0 unspecified atom stereocenters. The van der Waals surface area contributed by atoms with Crippen molar-refractivity contribution in [3.05, 3.63) is 72.4 Å². The van der Waals surface area contributed by atoms with Crippen LogP contribution in [0.25, 0.3) is 10.9 Å². The van der Waals surface area contributed by atoms with E-state index in [1.54, 1.807) is 18.2 Å². The normalized spacial score (nSPS) is 10.3. The molecule has 0 fully saturated rings. The fourth-order valence-corrected chi connectivity index (χ4v) is 1.84. The van der Waals surface area contributed by atoms with Gasteiger partial charge in [0.1, 0.15) is 5.75 Å². The first-order valence-electron chi connectivity index (χ1n) is 5.95. The molecule has 0 aliphatic carbocycles. The van der Waals surface area contributed by atoms with E-state index < -0.39 is 5.97 Å². The van der Waals surface area contributed by atoms with Crippen molar-refractivity contribution >= 4 is 16.9 Å². The number of rotatable bonds is 2. The summed E-state index contributed by atoms with van der Waals surface area (Å²) in [5, 5.41) is 0.921. The van der Waals surface area contributed by atoms with Crippen molar-refractivity contribution in [3.63, 3.8) is 0 Å². The van der Waals surface area contributed by atoms with Crippen molar-refractivity contribution in [2.45, 2.75) is 0 Å². The molecule has 0 radical (unpaired) electrons. The zero-order valence-electron chi connectivity index (χ0n) is 10.1. The Balaban J connectivity index is 1.89. The van der Waals surface area contributed by atoms with Crippen molar-refractivity contribution in [1.29, 1.82) is 0 Å². The molecular weight excluding hydrogens is 238 g/mol. The Morgan fingerprint density at radius 2 is 1.68 bits per heavy atom. The second-order valence-electron chi connectivity index (χ2n) is 4.12. The van der Waals surface area contributed by atoms with Gasteiger partial charge in [0.15, 0.2) is 0 Å². The highest BCUT2D eigenvalue weighted by molar-refractivity contribution is 5.94. The second kappa shape index (κ2) is 4.90. The summed E-state index contributed by atoms with van der Waals surface area (Å²) in [6.07, 6.45) is 1.54. The van der Waals surface area contributed by atoms with Crippen molar-refractivity contribution in [2.24, 2.45) is 0 Å². The molecule has 3 heteroatoms. The number of para-hydroxylation sites is 2. The average molecular weight is 249 g/mol. The average Bonchev–Trinajstić information content (AvgIpc) is 2.48. The highest BCUT2D eigenvalue weighted by atomic mass is 16.5. The van der Waals surface area contributed by atoms with Crippen molar-refractivity contribution in [1.82, 2.24) is 4.98 Å². The smallest absolute Gasteiger partial charge is 0.345 e. The summed E-state index contributed by atoms with van der Waals surface area (Å²) in [4.78, 5) is 16.2. The van der Waals surface area contributed by atoms with Gasteiger partial charge in [-0.05, 0) is 24.3 Å². The lowest BCUT2D eigenvalue weighted by molar-refractivity contribution is 0.0734. The van der Waals surface area contributed by atoms with Gasteiger partial charge in [-0.2, -0.15) is 0 Å². The van der Waals surface area contributed by atoms with E-state index in [1.165, 1.54) is 6.20 Å². The highest BCUT2D eigenvalue weighted by Crippen LogP contribution is 2.15. The number of benzene rings is 2. The van der Waals surface area contributed by atoms with Crippen LogP contribution in [-0.2, 0) is 0 Å². The Morgan fingerprint density at radius 1 is 0.947 bits per heavy atom. The molecule has 0 N–H and O–H groups in total. The van der Waals surface area contributed by atoms with Gasteiger partial charge in [-0.1, -0.05) is 36.4 Å². The fourth-order valence-electron chi connectivity index (χ4n) is 1.84. The summed E-state index contributed by atoms with van der Waals surface area (Å²) in [6.45, 7) is 0. The van der Waals surface area contributed by atoms with E-state index >= 15 is 0 Å². The SMILES string of the molecule is O=C(Oc1ccccc1)c1cnc2ccccc2c1. The number of aromatic nitrogens is 1. The van der Waals surface area contributed by atoms with Crippen LogP contribution in [-0.4, -0.2) is 11.0 Å². The van der Waals surface area contributed by atoms with Gasteiger partial charge in [-0.15, -0.1) is 0 Å². The molecule has 0 bridgehead atoms. The van der Waals surface area contributed by atoms with Crippen LogP contribution in [0.4, 0.5) is 0 Å². The summed E-state index contributed by atoms with van der Waals surface area (Å²) in [5.74, 6) is 0.130. The molecule has 0 atom stereocenters. The maximum absolute atomic E-state index is 12.0. The summed E-state index contributed by atoms with van der Waals surface area (Å²) < 4.78 is 5.27. The Bertz CT molecular complexity index is 723. The fraction of sp³-hybridized carbons (Fsp3) is 0. The lowest BCUT2D eigenvalue weighted by Crippen LogP contribution is -2.08. The molecule has 1 heterocycles. The third kappa shape index (κ3) is 2.45. The first-order chi connectivity index (χ1) is 9.33. The first kappa shape index (κ1) is 11.4. The minimum absolute atomic E-state index is 0.399. The molecule has 2 aromatic carbocycles. The van der Waals surface area contributed by atoms with Crippen molar-refractivity contribution in [3.8, 4) is 5.75 Å². The number of nitrogens with zero attached hydrogens (tertiary/aromatic N) is 1. The zero-order chi connectivity index (χ0) is 13.1. The molecule has 19 heavy (non-hydrogen) atoms. The van der Waals surface area contributed by atoms with Crippen molar-refractivity contribution in [2.75, 3.05) is 0 Å². The van der Waals surface area contributed by atoms with Crippen LogP contribution in [0.5, 0.6) is 5.75 Å². The Kier molecular flexibility index (Phi) is 2.94. The quantitative estimate of drug-likeness (QED) is 0.515. The van der Waals surface area contributed by atoms with Crippen LogP contribution in [0, 0.1) is 0 Å². The number of hydrogen-bond donors (Lipinski definition) is 0. The summed E-state index contributed by atoms with van der Waals surface area (Å²) >= 11 is 0. The molecule has 0 saturated carbocycles. The van der Waals surface area contributed by atoms with E-state index in [4.69, 9.17) is 4.74 Å². The van der Waals surface area contributed by atoms with Gasteiger partial charge in [0.25, 0.3) is 0 Å². The van der Waals surface area contributed by atoms with Gasteiger partial charge < -0.3 is 4.74 Å². The van der Waals surface area contributed by atoms with E-state index in [0.717, 1.165) is 10.9 Å². The maximum Gasteiger partial charge on any atom is 0.345 e. The summed E-state index contributed by atoms with van der Waals surface area (Å²) in [7, 11) is 0. The van der Waals surface area contributed by atoms with Gasteiger partial charge in [-0.25, -0.2) is 4.79 Å². The molecule has 3 nitrogen and oxygen atoms in total. The van der Waals surface area contributed by atoms with Gasteiger partial charge >= 0.3 is 5.97 Å². The predicted octanol–water partition coefficient (Wildman–Crippen LogP) is 3.45. The van der Waals surface area contributed by atoms with E-state index in [9.17, 15) is 4.79 Å². The predicted molar refractivity (Wildman–Crippen MR) is 73.1 cm³/mol. The van der Waals surface area contributed by atoms with Crippen LogP contribution in [0.2, 0.25) is 0 Å². The molecule has 3 aromatic rings. The molecule has 0 saturated heterocycles. The number of carbonyl (C=O) groups is 1. The molecule has 1 aromatic heterocycles. The van der Waals surface area contributed by atoms with Crippen LogP contribution in [0.15, 0.2) is 66.9 Å². The lowest BCUT2D eigenvalue weighted by Gasteiger charge is -2.04. The molecule has 0 aliphatic rings. The summed E-state index contributed by atoms with van der Waals surface area (Å²) in [6, 6.07) is 18.4. The van der Waals surface area contributed by atoms with Crippen LogP contribution < -0.4 is 4.74 Å². The number of pyridine rings is 1. The largest absolute Gasteiger partial charge is 0.423 e. The van der Waals surface area contributed by atoms with E-state index in [-0.39, 0.29) is 0 Å². The third-order valence-corrected chi connectivity index (χ3v) is 2.78. The second-order valence-corrected chi connectivity index (χ2v) is 4.12. The van der Waals surface area contributed by atoms with Gasteiger partial charge in [0.05, 0.1) is 11.1 Å². The van der Waals surface area contributed by atoms with Gasteiger partial charge in [0, 0.05) is 11.6 Å². The van der Waals surface area contributed by atoms with Gasteiger partial charge in [-0.3, -0.25) is 4.98 Å². The molecule has 3 rings (SSSR count). The highest BCUT2D eigenvalue weighted by Gasteiger charge is 2.09. The van der Waals surface area contributed by atoms with E-state index in [2.05, 4.69) is 4.98 Å². The van der Waals surface area contributed by atoms with E-state index in [1.807, 2.05) is 42.5 Å². The zero-order valence-corrected chi connectivity index (χ0v) is 10.1. The Labute approximate surface area is 110 Å². The minimum atomic E-state index is -0.399. The number of ether oxygens (including phenoxy) is 1.